The molecule has 0 aliphatic heterocycles. The smallest absolute Gasteiger partial charge is 0.326 e. The molecule has 0 aliphatic rings. The van der Waals surface area contributed by atoms with Crippen molar-refractivity contribution < 1.29 is 19.8 Å². The molecule has 23 heavy (non-hydrogen) atoms. The van der Waals surface area contributed by atoms with Crippen LogP contribution in [0.25, 0.3) is 0 Å². The Morgan fingerprint density at radius 1 is 1.09 bits per heavy atom. The molecule has 0 saturated carbocycles. The van der Waals surface area contributed by atoms with Crippen LogP contribution in [-0.4, -0.2) is 53.0 Å². The second kappa shape index (κ2) is 10.2. The first-order valence-electron chi connectivity index (χ1n) is 7.16. The van der Waals surface area contributed by atoms with Crippen molar-refractivity contribution in [2.45, 2.75) is 18.9 Å². The highest BCUT2D eigenvalue weighted by Crippen LogP contribution is 2.19. The normalized spacial score (nSPS) is 11.7. The number of rotatable bonds is 11. The lowest BCUT2D eigenvalue weighted by atomic mass is 10.1. The SMILES string of the molecule is O=C(O)CCC(Nc1ccc(N(CCCl)CCCl)cc1)C(=O)O. The monoisotopic (exact) mass is 362 g/mol. The van der Waals surface area contributed by atoms with Gasteiger partial charge in [-0.15, -0.1) is 23.2 Å². The van der Waals surface area contributed by atoms with Gasteiger partial charge in [-0.3, -0.25) is 4.79 Å². The van der Waals surface area contributed by atoms with Crippen LogP contribution >= 0.6 is 23.2 Å². The number of carboxylic acid groups (broad SMARTS) is 2. The number of benzene rings is 1. The minimum absolute atomic E-state index is 0.0110. The number of aliphatic carboxylic acids is 2. The summed E-state index contributed by atoms with van der Waals surface area (Å²) in [6.45, 7) is 1.33. The molecule has 1 atom stereocenters. The van der Waals surface area contributed by atoms with E-state index >= 15 is 0 Å². The van der Waals surface area contributed by atoms with E-state index in [-0.39, 0.29) is 12.8 Å². The van der Waals surface area contributed by atoms with Crippen LogP contribution in [0, 0.1) is 0 Å². The zero-order valence-electron chi connectivity index (χ0n) is 12.5. The van der Waals surface area contributed by atoms with Gasteiger partial charge in [0, 0.05) is 42.6 Å². The molecule has 1 aromatic rings. The van der Waals surface area contributed by atoms with Crippen molar-refractivity contribution in [3.63, 3.8) is 0 Å². The Morgan fingerprint density at radius 2 is 1.65 bits per heavy atom. The van der Waals surface area contributed by atoms with Crippen LogP contribution in [-0.2, 0) is 9.59 Å². The summed E-state index contributed by atoms with van der Waals surface area (Å²) in [7, 11) is 0. The Labute approximate surface area is 145 Å². The molecule has 0 radical (unpaired) electrons. The molecular weight excluding hydrogens is 343 g/mol. The zero-order chi connectivity index (χ0) is 17.2. The molecule has 1 aromatic carbocycles. The van der Waals surface area contributed by atoms with Crippen molar-refractivity contribution in [3.05, 3.63) is 24.3 Å². The van der Waals surface area contributed by atoms with Gasteiger partial charge >= 0.3 is 11.9 Å². The Morgan fingerprint density at radius 3 is 2.09 bits per heavy atom. The molecule has 0 aromatic heterocycles. The molecule has 0 heterocycles. The lowest BCUT2D eigenvalue weighted by Gasteiger charge is -2.23. The maximum absolute atomic E-state index is 11.2. The molecule has 0 amide bonds. The van der Waals surface area contributed by atoms with Crippen molar-refractivity contribution in [1.82, 2.24) is 0 Å². The van der Waals surface area contributed by atoms with Crippen molar-refractivity contribution in [2.75, 3.05) is 35.1 Å². The average molecular weight is 363 g/mol. The molecule has 6 nitrogen and oxygen atoms in total. The lowest BCUT2D eigenvalue weighted by molar-refractivity contribution is -0.139. The summed E-state index contributed by atoms with van der Waals surface area (Å²) in [5.41, 5.74) is 1.55. The molecule has 0 saturated heterocycles. The molecule has 1 rings (SSSR count). The van der Waals surface area contributed by atoms with E-state index in [0.717, 1.165) is 5.69 Å². The molecule has 0 fully saturated rings. The Balaban J connectivity index is 2.73. The minimum Gasteiger partial charge on any atom is -0.481 e. The predicted molar refractivity (Wildman–Crippen MR) is 92.0 cm³/mol. The van der Waals surface area contributed by atoms with Crippen LogP contribution in [0.2, 0.25) is 0 Å². The number of carboxylic acids is 2. The molecule has 0 aliphatic carbocycles. The number of nitrogens with zero attached hydrogens (tertiary/aromatic N) is 1. The third-order valence-electron chi connectivity index (χ3n) is 3.23. The highest BCUT2D eigenvalue weighted by Gasteiger charge is 2.18. The van der Waals surface area contributed by atoms with Crippen LogP contribution in [0.5, 0.6) is 0 Å². The van der Waals surface area contributed by atoms with Crippen molar-refractivity contribution >= 4 is 46.5 Å². The van der Waals surface area contributed by atoms with Gasteiger partial charge in [-0.1, -0.05) is 0 Å². The number of carbonyl (C=O) groups is 2. The van der Waals surface area contributed by atoms with Gasteiger partial charge in [-0.05, 0) is 30.7 Å². The van der Waals surface area contributed by atoms with E-state index in [1.165, 1.54) is 0 Å². The van der Waals surface area contributed by atoms with Gasteiger partial charge in [-0.25, -0.2) is 4.79 Å². The fraction of sp³-hybridized carbons (Fsp3) is 0.467. The van der Waals surface area contributed by atoms with Gasteiger partial charge in [0.2, 0.25) is 0 Å². The first kappa shape index (κ1) is 19.4. The number of halogens is 2. The number of hydrogen-bond donors (Lipinski definition) is 3. The van der Waals surface area contributed by atoms with Crippen molar-refractivity contribution in [1.29, 1.82) is 0 Å². The Hall–Kier alpha value is -1.66. The average Bonchev–Trinajstić information content (AvgIpc) is 2.51. The van der Waals surface area contributed by atoms with E-state index in [9.17, 15) is 9.59 Å². The number of hydrogen-bond acceptors (Lipinski definition) is 4. The molecule has 1 unspecified atom stereocenters. The van der Waals surface area contributed by atoms with E-state index in [1.807, 2.05) is 17.0 Å². The first-order chi connectivity index (χ1) is 11.0. The molecule has 128 valence electrons. The van der Waals surface area contributed by atoms with Crippen LogP contribution in [0.3, 0.4) is 0 Å². The first-order valence-corrected chi connectivity index (χ1v) is 8.23. The van der Waals surface area contributed by atoms with Crippen molar-refractivity contribution in [2.24, 2.45) is 0 Å². The lowest BCUT2D eigenvalue weighted by Crippen LogP contribution is -2.30. The van der Waals surface area contributed by atoms with Gasteiger partial charge in [-0.2, -0.15) is 0 Å². The van der Waals surface area contributed by atoms with Gasteiger partial charge in [0.05, 0.1) is 0 Å². The zero-order valence-corrected chi connectivity index (χ0v) is 14.1. The van der Waals surface area contributed by atoms with Crippen LogP contribution in [0.1, 0.15) is 12.8 Å². The third-order valence-corrected chi connectivity index (χ3v) is 3.57. The van der Waals surface area contributed by atoms with E-state index in [1.54, 1.807) is 12.1 Å². The van der Waals surface area contributed by atoms with E-state index in [0.29, 0.717) is 30.5 Å². The molecule has 8 heteroatoms. The molecular formula is C15H20Cl2N2O4. The summed E-state index contributed by atoms with van der Waals surface area (Å²) in [4.78, 5) is 23.8. The second-order valence-electron chi connectivity index (χ2n) is 4.88. The fourth-order valence-electron chi connectivity index (χ4n) is 2.07. The Bertz CT molecular complexity index is 505. The maximum atomic E-state index is 11.2. The summed E-state index contributed by atoms with van der Waals surface area (Å²) >= 11 is 11.5. The number of alkyl halides is 2. The maximum Gasteiger partial charge on any atom is 0.326 e. The third kappa shape index (κ3) is 6.97. The molecule has 0 spiro atoms. The largest absolute Gasteiger partial charge is 0.481 e. The Kier molecular flexibility index (Phi) is 8.58. The predicted octanol–water partition coefficient (Wildman–Crippen LogP) is 2.70. The quantitative estimate of drug-likeness (QED) is 0.524. The highest BCUT2D eigenvalue weighted by atomic mass is 35.5. The summed E-state index contributed by atoms with van der Waals surface area (Å²) in [5.74, 6) is -1.15. The van der Waals surface area contributed by atoms with Crippen molar-refractivity contribution in [3.8, 4) is 0 Å². The minimum atomic E-state index is -1.08. The summed E-state index contributed by atoms with van der Waals surface area (Å²) < 4.78 is 0. The van der Waals surface area contributed by atoms with Gasteiger partial charge < -0.3 is 20.4 Å². The summed E-state index contributed by atoms with van der Waals surface area (Å²) in [6, 6.07) is 6.25. The summed E-state index contributed by atoms with van der Waals surface area (Å²) in [6.07, 6.45) is -0.196. The molecule has 0 bridgehead atoms. The number of nitrogens with one attached hydrogen (secondary N) is 1. The summed E-state index contributed by atoms with van der Waals surface area (Å²) in [5, 5.41) is 20.6. The van der Waals surface area contributed by atoms with Gasteiger partial charge in [0.25, 0.3) is 0 Å². The number of anilines is 2. The van der Waals surface area contributed by atoms with E-state index in [4.69, 9.17) is 33.4 Å². The van der Waals surface area contributed by atoms with Crippen LogP contribution < -0.4 is 10.2 Å². The second-order valence-corrected chi connectivity index (χ2v) is 5.64. The van der Waals surface area contributed by atoms with Gasteiger partial charge in [0.1, 0.15) is 6.04 Å². The van der Waals surface area contributed by atoms with E-state index in [2.05, 4.69) is 5.32 Å². The molecule has 3 N–H and O–H groups in total. The van der Waals surface area contributed by atoms with Crippen LogP contribution in [0.4, 0.5) is 11.4 Å². The standard InChI is InChI=1S/C15H20Cl2N2O4/c16-7-9-19(10-8-17)12-3-1-11(2-4-12)18-13(15(22)23)5-6-14(20)21/h1-4,13,18H,5-10H2,(H,20,21)(H,22,23). The van der Waals surface area contributed by atoms with E-state index < -0.39 is 18.0 Å². The van der Waals surface area contributed by atoms with Crippen LogP contribution in [0.15, 0.2) is 24.3 Å². The highest BCUT2D eigenvalue weighted by molar-refractivity contribution is 6.18. The topological polar surface area (TPSA) is 89.9 Å². The van der Waals surface area contributed by atoms with Gasteiger partial charge in [0.15, 0.2) is 0 Å². The fourth-order valence-corrected chi connectivity index (χ4v) is 2.48.